The fourth-order valence-electron chi connectivity index (χ4n) is 2.76. The van der Waals surface area contributed by atoms with Crippen LogP contribution >= 0.6 is 0 Å². The highest BCUT2D eigenvalue weighted by Crippen LogP contribution is 2.15. The average molecular weight is 344 g/mol. The number of nitrogens with zero attached hydrogens (tertiary/aromatic N) is 3. The monoisotopic (exact) mass is 344 g/mol. The number of amides is 2. The summed E-state index contributed by atoms with van der Waals surface area (Å²) in [6.45, 7) is 1.73. The zero-order chi connectivity index (χ0) is 17.5. The number of benzene rings is 1. The number of likely N-dealkylation sites (tertiary alicyclic amines) is 1. The summed E-state index contributed by atoms with van der Waals surface area (Å²) >= 11 is 0. The third kappa shape index (κ3) is 5.14. The Morgan fingerprint density at radius 1 is 1.28 bits per heavy atom. The molecule has 2 aromatic rings. The molecule has 1 aromatic heterocycles. The molecule has 1 atom stereocenters. The molecule has 0 unspecified atom stereocenters. The van der Waals surface area contributed by atoms with Crippen molar-refractivity contribution >= 4 is 6.03 Å². The molecule has 0 radical (unpaired) electrons. The lowest BCUT2D eigenvalue weighted by Crippen LogP contribution is -2.39. The first-order valence-electron chi connectivity index (χ1n) is 8.41. The van der Waals surface area contributed by atoms with Gasteiger partial charge >= 0.3 is 12.0 Å². The Balaban J connectivity index is 1.36. The smallest absolute Gasteiger partial charge is 0.317 e. The number of hydrogen-bond acceptors (Lipinski definition) is 4. The van der Waals surface area contributed by atoms with Gasteiger partial charge in [0, 0.05) is 19.5 Å². The van der Waals surface area contributed by atoms with Gasteiger partial charge in [0.2, 0.25) is 0 Å². The van der Waals surface area contributed by atoms with Crippen LogP contribution in [0.1, 0.15) is 18.4 Å². The Labute approximate surface area is 146 Å². The van der Waals surface area contributed by atoms with E-state index in [0.717, 1.165) is 25.2 Å². The highest BCUT2D eigenvalue weighted by molar-refractivity contribution is 5.74. The molecule has 1 aliphatic heterocycles. The topological polar surface area (TPSA) is 67.4 Å². The van der Waals surface area contributed by atoms with Crippen LogP contribution in [0.15, 0.2) is 42.7 Å². The standard InChI is InChI=1S/C18H21FN4O2/c19-15-11-21-17(22-12-15)25-16-8-10-23(13-16)18(24)20-9-4-7-14-5-2-1-3-6-14/h1-3,5-6,11-12,16H,4,7-10,13H2,(H,20,24)/t16-/m1/s1. The van der Waals surface area contributed by atoms with E-state index in [0.29, 0.717) is 26.1 Å². The summed E-state index contributed by atoms with van der Waals surface area (Å²) < 4.78 is 18.4. The molecule has 2 amide bonds. The summed E-state index contributed by atoms with van der Waals surface area (Å²) in [7, 11) is 0. The van der Waals surface area contributed by atoms with Crippen LogP contribution in [0.2, 0.25) is 0 Å². The van der Waals surface area contributed by atoms with Crippen LogP contribution in [0.4, 0.5) is 9.18 Å². The Hall–Kier alpha value is -2.70. The lowest BCUT2D eigenvalue weighted by atomic mass is 10.1. The molecule has 6 nitrogen and oxygen atoms in total. The molecule has 0 spiro atoms. The highest BCUT2D eigenvalue weighted by Gasteiger charge is 2.28. The second-order valence-electron chi connectivity index (χ2n) is 5.98. The maximum absolute atomic E-state index is 12.8. The maximum Gasteiger partial charge on any atom is 0.317 e. The van der Waals surface area contributed by atoms with Gasteiger partial charge in [-0.15, -0.1) is 0 Å². The zero-order valence-corrected chi connectivity index (χ0v) is 13.9. The first kappa shape index (κ1) is 17.1. The average Bonchev–Trinajstić information content (AvgIpc) is 3.10. The third-order valence-corrected chi connectivity index (χ3v) is 4.06. The molecule has 1 N–H and O–H groups in total. The molecule has 25 heavy (non-hydrogen) atoms. The van der Waals surface area contributed by atoms with Gasteiger partial charge < -0.3 is 15.0 Å². The van der Waals surface area contributed by atoms with E-state index in [1.54, 1.807) is 4.90 Å². The molecule has 2 heterocycles. The van der Waals surface area contributed by atoms with Crippen molar-refractivity contribution in [3.8, 4) is 6.01 Å². The van der Waals surface area contributed by atoms with E-state index in [9.17, 15) is 9.18 Å². The van der Waals surface area contributed by atoms with Crippen molar-refractivity contribution in [2.75, 3.05) is 19.6 Å². The van der Waals surface area contributed by atoms with Crippen LogP contribution in [0.5, 0.6) is 6.01 Å². The molecule has 1 saturated heterocycles. The molecule has 132 valence electrons. The van der Waals surface area contributed by atoms with E-state index in [1.165, 1.54) is 5.56 Å². The van der Waals surface area contributed by atoms with Gasteiger partial charge in [-0.1, -0.05) is 30.3 Å². The second-order valence-corrected chi connectivity index (χ2v) is 5.98. The van der Waals surface area contributed by atoms with E-state index < -0.39 is 5.82 Å². The van der Waals surface area contributed by atoms with E-state index >= 15 is 0 Å². The predicted octanol–water partition coefficient (Wildman–Crippen LogP) is 2.41. The van der Waals surface area contributed by atoms with Crippen LogP contribution in [0.25, 0.3) is 0 Å². The lowest BCUT2D eigenvalue weighted by molar-refractivity contribution is 0.178. The van der Waals surface area contributed by atoms with E-state index in [1.807, 2.05) is 18.2 Å². The molecule has 0 bridgehead atoms. The molecule has 1 aliphatic rings. The fraction of sp³-hybridized carbons (Fsp3) is 0.389. The molecule has 7 heteroatoms. The number of rotatable bonds is 6. The zero-order valence-electron chi connectivity index (χ0n) is 13.9. The summed E-state index contributed by atoms with van der Waals surface area (Å²) in [4.78, 5) is 21.4. The number of carbonyl (C=O) groups is 1. The quantitative estimate of drug-likeness (QED) is 0.817. The summed E-state index contributed by atoms with van der Waals surface area (Å²) in [6, 6.07) is 10.2. The molecular weight excluding hydrogens is 323 g/mol. The van der Waals surface area contributed by atoms with Gasteiger partial charge in [0.15, 0.2) is 5.82 Å². The number of hydrogen-bond donors (Lipinski definition) is 1. The first-order valence-corrected chi connectivity index (χ1v) is 8.41. The van der Waals surface area contributed by atoms with Gasteiger partial charge in [-0.05, 0) is 18.4 Å². The normalized spacial score (nSPS) is 16.7. The first-order chi connectivity index (χ1) is 12.2. The summed E-state index contributed by atoms with van der Waals surface area (Å²) in [6.07, 6.45) is 4.50. The Morgan fingerprint density at radius 3 is 2.80 bits per heavy atom. The van der Waals surface area contributed by atoms with Crippen LogP contribution < -0.4 is 10.1 Å². The number of aromatic nitrogens is 2. The molecule has 1 aromatic carbocycles. The number of carbonyl (C=O) groups excluding carboxylic acids is 1. The Bertz CT molecular complexity index is 681. The minimum absolute atomic E-state index is 0.0841. The predicted molar refractivity (Wildman–Crippen MR) is 90.8 cm³/mol. The third-order valence-electron chi connectivity index (χ3n) is 4.06. The molecule has 1 fully saturated rings. The summed E-state index contributed by atoms with van der Waals surface area (Å²) in [5.74, 6) is -0.504. The van der Waals surface area contributed by atoms with Crippen molar-refractivity contribution in [3.05, 3.63) is 54.1 Å². The second kappa shape index (κ2) is 8.41. The van der Waals surface area contributed by atoms with E-state index in [4.69, 9.17) is 4.74 Å². The van der Waals surface area contributed by atoms with Crippen LogP contribution in [-0.4, -0.2) is 46.6 Å². The Morgan fingerprint density at radius 2 is 2.04 bits per heavy atom. The van der Waals surface area contributed by atoms with Crippen molar-refractivity contribution in [1.29, 1.82) is 0 Å². The van der Waals surface area contributed by atoms with Crippen LogP contribution in [0, 0.1) is 5.82 Å². The summed E-state index contributed by atoms with van der Waals surface area (Å²) in [5, 5.41) is 2.94. The van der Waals surface area contributed by atoms with Gasteiger partial charge in [0.05, 0.1) is 18.9 Å². The van der Waals surface area contributed by atoms with Crippen molar-refractivity contribution < 1.29 is 13.9 Å². The van der Waals surface area contributed by atoms with Gasteiger partial charge in [-0.3, -0.25) is 0 Å². The summed E-state index contributed by atoms with van der Waals surface area (Å²) in [5.41, 5.74) is 1.27. The lowest BCUT2D eigenvalue weighted by Gasteiger charge is -2.17. The van der Waals surface area contributed by atoms with Crippen molar-refractivity contribution in [3.63, 3.8) is 0 Å². The maximum atomic E-state index is 12.8. The van der Waals surface area contributed by atoms with Gasteiger partial charge in [-0.2, -0.15) is 0 Å². The number of halogens is 1. The Kier molecular flexibility index (Phi) is 5.77. The van der Waals surface area contributed by atoms with Crippen LogP contribution in [-0.2, 0) is 6.42 Å². The van der Waals surface area contributed by atoms with E-state index in [2.05, 4.69) is 27.4 Å². The van der Waals surface area contributed by atoms with Gasteiger partial charge in [0.25, 0.3) is 0 Å². The van der Waals surface area contributed by atoms with Crippen molar-refractivity contribution in [2.24, 2.45) is 0 Å². The minimum Gasteiger partial charge on any atom is -0.458 e. The van der Waals surface area contributed by atoms with E-state index in [-0.39, 0.29) is 18.1 Å². The highest BCUT2D eigenvalue weighted by atomic mass is 19.1. The van der Waals surface area contributed by atoms with Crippen molar-refractivity contribution in [1.82, 2.24) is 20.2 Å². The largest absolute Gasteiger partial charge is 0.458 e. The van der Waals surface area contributed by atoms with Crippen molar-refractivity contribution in [2.45, 2.75) is 25.4 Å². The fourth-order valence-corrected chi connectivity index (χ4v) is 2.76. The van der Waals surface area contributed by atoms with Crippen LogP contribution in [0.3, 0.4) is 0 Å². The SMILES string of the molecule is O=C(NCCCc1ccccc1)N1CC[C@@H](Oc2ncc(F)cn2)C1. The van der Waals surface area contributed by atoms with Gasteiger partial charge in [-0.25, -0.2) is 19.2 Å². The molecule has 0 saturated carbocycles. The number of urea groups is 1. The number of ether oxygens (including phenoxy) is 1. The number of nitrogens with one attached hydrogen (secondary N) is 1. The molecular formula is C18H21FN4O2. The number of aryl methyl sites for hydroxylation is 1. The molecule has 3 rings (SSSR count). The minimum atomic E-state index is -0.504. The van der Waals surface area contributed by atoms with Gasteiger partial charge in [0.1, 0.15) is 6.10 Å². The molecule has 0 aliphatic carbocycles.